The Kier molecular flexibility index (Phi) is 16.1. The van der Waals surface area contributed by atoms with Crippen molar-refractivity contribution < 1.29 is 5.11 Å². The van der Waals surface area contributed by atoms with Crippen molar-refractivity contribution >= 4 is 18.4 Å². The molecule has 0 bridgehead atoms. The van der Waals surface area contributed by atoms with Crippen molar-refractivity contribution in [1.82, 2.24) is 0 Å². The third-order valence-corrected chi connectivity index (χ3v) is 21.7. The van der Waals surface area contributed by atoms with Crippen molar-refractivity contribution in [2.24, 2.45) is 0 Å². The molecule has 0 aliphatic rings. The van der Waals surface area contributed by atoms with E-state index in [1.807, 2.05) is 6.92 Å². The monoisotopic (exact) mass is 446 g/mol. The van der Waals surface area contributed by atoms with Gasteiger partial charge in [0.15, 0.2) is 0 Å². The van der Waals surface area contributed by atoms with Gasteiger partial charge in [0.2, 0.25) is 0 Å². The van der Waals surface area contributed by atoms with Gasteiger partial charge in [0.1, 0.15) is 0 Å². The molecule has 0 aromatic rings. The Bertz CT molecular complexity index is 287. The maximum absolute atomic E-state index is 10.1. The van der Waals surface area contributed by atoms with Gasteiger partial charge in [0.05, 0.1) is 0 Å². The number of aliphatic hydroxyl groups excluding tert-OH is 1. The molecule has 0 aromatic carbocycles. The maximum atomic E-state index is 10.1. The van der Waals surface area contributed by atoms with Crippen LogP contribution < -0.4 is 0 Å². The van der Waals surface area contributed by atoms with Crippen LogP contribution in [0, 0.1) is 0 Å². The van der Waals surface area contributed by atoms with Gasteiger partial charge in [0, 0.05) is 0 Å². The first-order chi connectivity index (χ1) is 11.6. The number of hydrogen-bond acceptors (Lipinski definition) is 1. The average molecular weight is 445 g/mol. The zero-order chi connectivity index (χ0) is 18.3. The summed E-state index contributed by atoms with van der Waals surface area (Å²) in [6.45, 7) is 11.3. The van der Waals surface area contributed by atoms with Crippen molar-refractivity contribution in [1.29, 1.82) is 0 Å². The molecule has 0 aliphatic heterocycles. The van der Waals surface area contributed by atoms with E-state index >= 15 is 0 Å². The molecule has 2 heteroatoms. The fourth-order valence-electron chi connectivity index (χ4n) is 3.96. The molecule has 144 valence electrons. The number of rotatable bonds is 16. The minimum absolute atomic E-state index is 0.257. The van der Waals surface area contributed by atoms with Crippen LogP contribution >= 0.6 is 0 Å². The molecular formula is C22H46OSn. The fourth-order valence-corrected chi connectivity index (χ4v) is 21.4. The van der Waals surface area contributed by atoms with Gasteiger partial charge < -0.3 is 0 Å². The van der Waals surface area contributed by atoms with E-state index in [4.69, 9.17) is 0 Å². The summed E-state index contributed by atoms with van der Waals surface area (Å²) >= 11 is -2.31. The Labute approximate surface area is 157 Å². The molecule has 1 atom stereocenters. The van der Waals surface area contributed by atoms with E-state index < -0.39 is 18.4 Å². The summed E-state index contributed by atoms with van der Waals surface area (Å²) in [7, 11) is 0. The molecule has 0 saturated heterocycles. The van der Waals surface area contributed by atoms with Gasteiger partial charge in [0.25, 0.3) is 0 Å². The molecule has 0 saturated carbocycles. The van der Waals surface area contributed by atoms with E-state index in [1.165, 1.54) is 83.9 Å². The van der Waals surface area contributed by atoms with Crippen LogP contribution in [0.2, 0.25) is 13.3 Å². The van der Waals surface area contributed by atoms with Gasteiger partial charge in [-0.25, -0.2) is 0 Å². The number of aliphatic hydroxyl groups is 1. The molecule has 0 spiro atoms. The van der Waals surface area contributed by atoms with Gasteiger partial charge in [-0.05, 0) is 0 Å². The molecular weight excluding hydrogens is 399 g/mol. The van der Waals surface area contributed by atoms with E-state index in [2.05, 4.69) is 33.8 Å². The average Bonchev–Trinajstić information content (AvgIpc) is 2.57. The fraction of sp³-hybridized carbons (Fsp3) is 0.909. The van der Waals surface area contributed by atoms with Crippen LogP contribution in [0.1, 0.15) is 105 Å². The van der Waals surface area contributed by atoms with Crippen LogP contribution in [0.5, 0.6) is 0 Å². The van der Waals surface area contributed by atoms with Crippen LogP contribution in [0.4, 0.5) is 0 Å². The summed E-state index contributed by atoms with van der Waals surface area (Å²) < 4.78 is 6.37. The molecule has 0 rings (SSSR count). The van der Waals surface area contributed by atoms with Gasteiger partial charge in [-0.3, -0.25) is 0 Å². The normalized spacial score (nSPS) is 14.2. The Morgan fingerprint density at radius 1 is 0.750 bits per heavy atom. The third kappa shape index (κ3) is 10.5. The van der Waals surface area contributed by atoms with Crippen molar-refractivity contribution in [3.05, 3.63) is 9.67 Å². The second-order valence-corrected chi connectivity index (χ2v) is 21.3. The van der Waals surface area contributed by atoms with E-state index in [0.29, 0.717) is 0 Å². The Hall–Kier alpha value is 0.499. The van der Waals surface area contributed by atoms with Gasteiger partial charge >= 0.3 is 158 Å². The van der Waals surface area contributed by atoms with Gasteiger partial charge in [-0.1, -0.05) is 0 Å². The molecule has 1 unspecified atom stereocenters. The SMILES string of the molecule is CCCCCC/[C](=C/C(C)O)[Sn]([CH2]CCC)([CH2]CCC)[CH2]CCC. The van der Waals surface area contributed by atoms with Gasteiger partial charge in [-0.2, -0.15) is 0 Å². The first-order valence-corrected chi connectivity index (χ1v) is 18.4. The zero-order valence-corrected chi connectivity index (χ0v) is 20.4. The summed E-state index contributed by atoms with van der Waals surface area (Å²) in [5, 5.41) is 10.1. The van der Waals surface area contributed by atoms with Crippen LogP contribution in [-0.4, -0.2) is 29.6 Å². The summed E-state index contributed by atoms with van der Waals surface area (Å²) in [4.78, 5) is 0. The molecule has 0 aromatic heterocycles. The molecule has 0 amide bonds. The molecule has 0 aliphatic carbocycles. The third-order valence-electron chi connectivity index (χ3n) is 5.45. The molecule has 1 nitrogen and oxygen atoms in total. The summed E-state index contributed by atoms with van der Waals surface area (Å²) in [6, 6.07) is 0. The standard InChI is InChI=1S/C10H19O.3C4H9.Sn/c1-3-4-5-6-7-8-9-10(2)11;3*1-3-4-2;/h9-11H,3-7H2,1-2H3;3*1,3-4H2,2H3;. The van der Waals surface area contributed by atoms with E-state index in [0.717, 1.165) is 0 Å². The van der Waals surface area contributed by atoms with Crippen LogP contribution in [0.15, 0.2) is 9.67 Å². The van der Waals surface area contributed by atoms with E-state index in [1.54, 1.807) is 3.59 Å². The van der Waals surface area contributed by atoms with Gasteiger partial charge in [-0.15, -0.1) is 0 Å². The topological polar surface area (TPSA) is 20.2 Å². The first-order valence-electron chi connectivity index (χ1n) is 11.0. The molecule has 0 fully saturated rings. The number of allylic oxidation sites excluding steroid dienone is 1. The Morgan fingerprint density at radius 3 is 1.58 bits per heavy atom. The van der Waals surface area contributed by atoms with Crippen molar-refractivity contribution in [2.45, 2.75) is 125 Å². The summed E-state index contributed by atoms with van der Waals surface area (Å²) in [5.41, 5.74) is 0. The molecule has 24 heavy (non-hydrogen) atoms. The molecule has 0 heterocycles. The quantitative estimate of drug-likeness (QED) is 0.191. The van der Waals surface area contributed by atoms with E-state index in [9.17, 15) is 5.11 Å². The Balaban J connectivity index is 5.37. The summed E-state index contributed by atoms with van der Waals surface area (Å²) in [6.07, 6.45) is 16.9. The number of hydrogen-bond donors (Lipinski definition) is 1. The molecule has 0 radical (unpaired) electrons. The van der Waals surface area contributed by atoms with Crippen LogP contribution in [0.25, 0.3) is 0 Å². The number of unbranched alkanes of at least 4 members (excludes halogenated alkanes) is 6. The second-order valence-electron chi connectivity index (χ2n) is 7.83. The summed E-state index contributed by atoms with van der Waals surface area (Å²) in [5.74, 6) is 0. The predicted molar refractivity (Wildman–Crippen MR) is 113 cm³/mol. The first kappa shape index (κ1) is 24.5. The predicted octanol–water partition coefficient (Wildman–Crippen LogP) is 7.65. The Morgan fingerprint density at radius 2 is 1.21 bits per heavy atom. The van der Waals surface area contributed by atoms with Crippen LogP contribution in [0.3, 0.4) is 0 Å². The van der Waals surface area contributed by atoms with Crippen molar-refractivity contribution in [3.63, 3.8) is 0 Å². The van der Waals surface area contributed by atoms with E-state index in [-0.39, 0.29) is 6.10 Å². The van der Waals surface area contributed by atoms with Crippen molar-refractivity contribution in [3.8, 4) is 0 Å². The molecule has 1 N–H and O–H groups in total. The van der Waals surface area contributed by atoms with Crippen LogP contribution in [-0.2, 0) is 0 Å². The second kappa shape index (κ2) is 15.7. The minimum atomic E-state index is -2.31. The van der Waals surface area contributed by atoms with Crippen molar-refractivity contribution in [2.75, 3.05) is 0 Å². The zero-order valence-electron chi connectivity index (χ0n) is 17.5.